The first-order chi connectivity index (χ1) is 4.83. The van der Waals surface area contributed by atoms with E-state index in [0.29, 0.717) is 5.75 Å². The van der Waals surface area contributed by atoms with E-state index in [-0.39, 0.29) is 18.9 Å². The molecule has 0 heterocycles. The maximum atomic E-state index is 8.90. The summed E-state index contributed by atoms with van der Waals surface area (Å²) in [5.74, 6) is 0.313. The van der Waals surface area contributed by atoms with Crippen LogP contribution in [0.25, 0.3) is 0 Å². The van der Waals surface area contributed by atoms with Crippen LogP contribution in [-0.2, 0) is 6.42 Å². The van der Waals surface area contributed by atoms with Crippen LogP contribution >= 0.6 is 0 Å². The van der Waals surface area contributed by atoms with Crippen LogP contribution in [0.4, 0.5) is 0 Å². The second kappa shape index (κ2) is 5.07. The van der Waals surface area contributed by atoms with E-state index in [9.17, 15) is 0 Å². The van der Waals surface area contributed by atoms with E-state index in [0.717, 1.165) is 6.42 Å². The Bertz CT molecular complexity index is 216. The van der Waals surface area contributed by atoms with Gasteiger partial charge in [0.2, 0.25) is 0 Å². The van der Waals surface area contributed by atoms with Crippen molar-refractivity contribution in [1.29, 1.82) is 0 Å². The second-order valence-electron chi connectivity index (χ2n) is 2.16. The van der Waals surface area contributed by atoms with Crippen molar-refractivity contribution in [2.45, 2.75) is 6.42 Å². The molecule has 0 aliphatic carbocycles. The molecule has 0 aliphatic rings. The van der Waals surface area contributed by atoms with Crippen LogP contribution in [-0.4, -0.2) is 24.0 Å². The van der Waals surface area contributed by atoms with Crippen LogP contribution < -0.4 is 0 Å². The van der Waals surface area contributed by atoms with Gasteiger partial charge in [0.25, 0.3) is 0 Å². The molecule has 1 nitrogen and oxygen atoms in total. The summed E-state index contributed by atoms with van der Waals surface area (Å²) < 4.78 is 0. The quantitative estimate of drug-likeness (QED) is 0.489. The number of rotatable bonds is 2. The van der Waals surface area contributed by atoms with Gasteiger partial charge in [0.15, 0.2) is 0 Å². The zero-order valence-electron chi connectivity index (χ0n) is 5.75. The molecule has 0 unspecified atom stereocenters. The molecule has 0 aromatic heterocycles. The van der Waals surface area contributed by atoms with Gasteiger partial charge < -0.3 is 5.11 Å². The molecule has 11 heavy (non-hydrogen) atoms. The number of allylic oxidation sites excluding steroid dienone is 1. The Morgan fingerprint density at radius 2 is 1.82 bits per heavy atom. The molecule has 1 N–H and O–H groups in total. The predicted molar refractivity (Wildman–Crippen MR) is 49.2 cm³/mol. The van der Waals surface area contributed by atoms with E-state index in [4.69, 9.17) is 5.11 Å². The number of benzene rings is 1. The molecule has 0 amide bonds. The number of aromatic hydroxyl groups is 1. The Balaban J connectivity index is 0.000001000. The molecule has 0 aliphatic heterocycles. The van der Waals surface area contributed by atoms with E-state index >= 15 is 0 Å². The Hall–Kier alpha value is -0.643. The minimum absolute atomic E-state index is 0. The summed E-state index contributed by atoms with van der Waals surface area (Å²) >= 11 is 0. The van der Waals surface area contributed by atoms with Crippen LogP contribution in [0.1, 0.15) is 5.56 Å². The Kier molecular flexibility index (Phi) is 4.77. The van der Waals surface area contributed by atoms with Gasteiger partial charge in [0, 0.05) is 0 Å². The molecule has 0 radical (unpaired) electrons. The third-order valence-corrected chi connectivity index (χ3v) is 1.32. The van der Waals surface area contributed by atoms with Gasteiger partial charge in [-0.2, -0.15) is 0 Å². The Labute approximate surface area is 78.9 Å². The number of phenols is 1. The first-order valence-corrected chi connectivity index (χ1v) is 3.22. The van der Waals surface area contributed by atoms with E-state index < -0.39 is 0 Å². The fraction of sp³-hybridized carbons (Fsp3) is 0.111. The molecule has 0 saturated carbocycles. The van der Waals surface area contributed by atoms with Crippen LogP contribution in [0, 0.1) is 0 Å². The molecule has 54 valence electrons. The average Bonchev–Trinajstić information content (AvgIpc) is 1.95. The van der Waals surface area contributed by atoms with Gasteiger partial charge in [-0.15, -0.1) is 6.58 Å². The predicted octanol–water partition coefficient (Wildman–Crippen LogP) is 1.47. The molecule has 2 heteroatoms. The maximum absolute atomic E-state index is 8.90. The summed E-state index contributed by atoms with van der Waals surface area (Å²) in [4.78, 5) is 0. The zero-order valence-corrected chi connectivity index (χ0v) is 5.75. The molecular formula is C9H11LiO. The van der Waals surface area contributed by atoms with Gasteiger partial charge in [-0.25, -0.2) is 0 Å². The Morgan fingerprint density at radius 3 is 2.27 bits per heavy atom. The summed E-state index contributed by atoms with van der Waals surface area (Å²) in [5.41, 5.74) is 1.17. The molecular weight excluding hydrogens is 131 g/mol. The topological polar surface area (TPSA) is 20.2 Å². The van der Waals surface area contributed by atoms with Crippen LogP contribution in [0.2, 0.25) is 0 Å². The van der Waals surface area contributed by atoms with Crippen molar-refractivity contribution in [1.82, 2.24) is 0 Å². The van der Waals surface area contributed by atoms with Gasteiger partial charge in [-0.1, -0.05) is 18.2 Å². The SMILES string of the molecule is C=CCc1ccc(O)cc1.[LiH]. The van der Waals surface area contributed by atoms with Gasteiger partial charge in [-0.3, -0.25) is 0 Å². The summed E-state index contributed by atoms with van der Waals surface area (Å²) in [6.45, 7) is 3.62. The van der Waals surface area contributed by atoms with Crippen molar-refractivity contribution in [3.8, 4) is 5.75 Å². The van der Waals surface area contributed by atoms with Gasteiger partial charge in [0.05, 0.1) is 0 Å². The van der Waals surface area contributed by atoms with Crippen LogP contribution in [0.15, 0.2) is 36.9 Å². The van der Waals surface area contributed by atoms with Crippen molar-refractivity contribution in [3.05, 3.63) is 42.5 Å². The average molecular weight is 142 g/mol. The number of hydrogen-bond donors (Lipinski definition) is 1. The normalized spacial score (nSPS) is 8.36. The van der Waals surface area contributed by atoms with Gasteiger partial charge in [0.1, 0.15) is 5.75 Å². The Morgan fingerprint density at radius 1 is 1.27 bits per heavy atom. The summed E-state index contributed by atoms with van der Waals surface area (Å²) in [7, 11) is 0. The van der Waals surface area contributed by atoms with Gasteiger partial charge >= 0.3 is 18.9 Å². The molecule has 0 bridgehead atoms. The first kappa shape index (κ1) is 10.4. The van der Waals surface area contributed by atoms with Crippen LogP contribution in [0.5, 0.6) is 5.75 Å². The minimum atomic E-state index is 0. The van der Waals surface area contributed by atoms with Crippen molar-refractivity contribution in [2.75, 3.05) is 0 Å². The molecule has 1 aromatic carbocycles. The summed E-state index contributed by atoms with van der Waals surface area (Å²) in [6.07, 6.45) is 2.70. The van der Waals surface area contributed by atoms with Crippen molar-refractivity contribution in [3.63, 3.8) is 0 Å². The van der Waals surface area contributed by atoms with Crippen molar-refractivity contribution in [2.24, 2.45) is 0 Å². The molecule has 0 saturated heterocycles. The second-order valence-corrected chi connectivity index (χ2v) is 2.16. The van der Waals surface area contributed by atoms with Crippen molar-refractivity contribution >= 4 is 18.9 Å². The summed E-state index contributed by atoms with van der Waals surface area (Å²) in [5, 5.41) is 8.90. The van der Waals surface area contributed by atoms with E-state index in [1.54, 1.807) is 12.1 Å². The molecule has 0 atom stereocenters. The van der Waals surface area contributed by atoms with Crippen LogP contribution in [0.3, 0.4) is 0 Å². The van der Waals surface area contributed by atoms with E-state index in [1.807, 2.05) is 18.2 Å². The molecule has 1 rings (SSSR count). The van der Waals surface area contributed by atoms with Gasteiger partial charge in [-0.05, 0) is 24.1 Å². The monoisotopic (exact) mass is 142 g/mol. The third-order valence-electron chi connectivity index (χ3n) is 1.32. The molecule has 0 fully saturated rings. The standard InChI is InChI=1S/C9H10O.Li.H/c1-2-3-8-4-6-9(10)7-5-8;;/h2,4-7,10H,1,3H2;;. The fourth-order valence-electron chi connectivity index (χ4n) is 0.799. The first-order valence-electron chi connectivity index (χ1n) is 3.22. The fourth-order valence-corrected chi connectivity index (χ4v) is 0.799. The molecule has 1 aromatic rings. The van der Waals surface area contributed by atoms with Crippen molar-refractivity contribution < 1.29 is 5.11 Å². The number of hydrogen-bond acceptors (Lipinski definition) is 1. The summed E-state index contributed by atoms with van der Waals surface area (Å²) in [6, 6.07) is 7.13. The third kappa shape index (κ3) is 3.32. The number of phenolic OH excluding ortho intramolecular Hbond substituents is 1. The van der Waals surface area contributed by atoms with E-state index in [2.05, 4.69) is 6.58 Å². The molecule has 0 spiro atoms. The van der Waals surface area contributed by atoms with E-state index in [1.165, 1.54) is 5.56 Å². The zero-order chi connectivity index (χ0) is 7.40.